The van der Waals surface area contributed by atoms with Crippen molar-refractivity contribution in [1.82, 2.24) is 9.97 Å². The van der Waals surface area contributed by atoms with Crippen molar-refractivity contribution in [2.24, 2.45) is 0 Å². The molecule has 116 valence electrons. The third-order valence-corrected chi connectivity index (χ3v) is 3.15. The van der Waals surface area contributed by atoms with E-state index < -0.39 is 6.04 Å². The normalized spacial score (nSPS) is 11.7. The quantitative estimate of drug-likeness (QED) is 0.482. The molecule has 0 amide bonds. The van der Waals surface area contributed by atoms with Crippen LogP contribution in [0.2, 0.25) is 5.15 Å². The number of nitrogens with one attached hydrogen (secondary N) is 1. The molecule has 0 bridgehead atoms. The molecule has 0 aliphatic heterocycles. The number of esters is 1. The molecule has 1 heterocycles. The maximum Gasteiger partial charge on any atom is 0.328 e. The molecule has 0 spiro atoms. The Morgan fingerprint density at radius 1 is 1.36 bits per heavy atom. The lowest BCUT2D eigenvalue weighted by molar-refractivity contribution is -0.144. The largest absolute Gasteiger partial charge is 0.464 e. The summed E-state index contributed by atoms with van der Waals surface area (Å²) in [5.74, 6) is 0.113. The number of carbonyl (C=O) groups excluding carboxylic acids is 1. The summed E-state index contributed by atoms with van der Waals surface area (Å²) in [6.45, 7) is 2.07. The Morgan fingerprint density at radius 3 is 2.73 bits per heavy atom. The molecule has 0 saturated carbocycles. The van der Waals surface area contributed by atoms with Crippen LogP contribution in [0.1, 0.15) is 12.5 Å². The summed E-state index contributed by atoms with van der Waals surface area (Å²) in [6, 6.07) is 8.30. The average molecular weight is 321 g/mol. The zero-order valence-corrected chi connectivity index (χ0v) is 12.9. The van der Waals surface area contributed by atoms with Gasteiger partial charge in [-0.05, 0) is 24.6 Å². The number of hydrogen-bond donors (Lipinski definition) is 2. The van der Waals surface area contributed by atoms with Gasteiger partial charge in [-0.1, -0.05) is 23.7 Å². The lowest BCUT2D eigenvalue weighted by atomic mass is 10.1. The Balaban J connectivity index is 2.15. The van der Waals surface area contributed by atoms with E-state index in [1.54, 1.807) is 25.1 Å². The highest BCUT2D eigenvalue weighted by molar-refractivity contribution is 6.29. The van der Waals surface area contributed by atoms with Crippen LogP contribution in [0.5, 0.6) is 0 Å². The van der Waals surface area contributed by atoms with Gasteiger partial charge in [-0.25, -0.2) is 14.8 Å². The van der Waals surface area contributed by atoms with Crippen LogP contribution in [0.3, 0.4) is 0 Å². The Bertz CT molecular complexity index is 634. The molecule has 6 nitrogen and oxygen atoms in total. The van der Waals surface area contributed by atoms with E-state index in [1.165, 1.54) is 6.33 Å². The number of nitrogens with two attached hydrogens (primary N) is 1. The monoisotopic (exact) mass is 320 g/mol. The first-order valence-electron chi connectivity index (χ1n) is 6.83. The number of ether oxygens (including phenoxy) is 1. The molecule has 0 saturated heterocycles. The first-order chi connectivity index (χ1) is 10.6. The fourth-order valence-electron chi connectivity index (χ4n) is 1.92. The van der Waals surface area contributed by atoms with Gasteiger partial charge in [-0.3, -0.25) is 0 Å². The van der Waals surface area contributed by atoms with E-state index in [2.05, 4.69) is 15.3 Å². The summed E-state index contributed by atoms with van der Waals surface area (Å²) in [7, 11) is 0. The number of rotatable bonds is 6. The minimum absolute atomic E-state index is 0.299. The highest BCUT2D eigenvalue weighted by Gasteiger charge is 2.20. The van der Waals surface area contributed by atoms with Gasteiger partial charge in [0.15, 0.2) is 0 Å². The van der Waals surface area contributed by atoms with Gasteiger partial charge in [0, 0.05) is 18.2 Å². The minimum atomic E-state index is -0.574. The molecule has 1 aromatic heterocycles. The summed E-state index contributed by atoms with van der Waals surface area (Å²) in [5.41, 5.74) is 7.30. The van der Waals surface area contributed by atoms with E-state index in [-0.39, 0.29) is 5.97 Å². The summed E-state index contributed by atoms with van der Waals surface area (Å²) in [5, 5.41) is 3.32. The van der Waals surface area contributed by atoms with E-state index in [0.29, 0.717) is 29.7 Å². The molecule has 0 aliphatic rings. The highest BCUT2D eigenvalue weighted by Crippen LogP contribution is 2.14. The number of halogens is 1. The van der Waals surface area contributed by atoms with Gasteiger partial charge in [-0.15, -0.1) is 0 Å². The lowest BCUT2D eigenvalue weighted by Gasteiger charge is -2.18. The lowest BCUT2D eigenvalue weighted by Crippen LogP contribution is -2.34. The van der Waals surface area contributed by atoms with Crippen molar-refractivity contribution in [2.75, 3.05) is 17.7 Å². The van der Waals surface area contributed by atoms with Crippen molar-refractivity contribution >= 4 is 29.1 Å². The third-order valence-electron chi connectivity index (χ3n) is 2.95. The van der Waals surface area contributed by atoms with Crippen molar-refractivity contribution in [2.45, 2.75) is 19.4 Å². The summed E-state index contributed by atoms with van der Waals surface area (Å²) < 4.78 is 5.10. The van der Waals surface area contributed by atoms with Crippen LogP contribution >= 0.6 is 11.6 Å². The van der Waals surface area contributed by atoms with Gasteiger partial charge in [0.2, 0.25) is 0 Å². The summed E-state index contributed by atoms with van der Waals surface area (Å²) >= 11 is 5.83. The van der Waals surface area contributed by atoms with Gasteiger partial charge in [0.25, 0.3) is 0 Å². The molecule has 0 aliphatic carbocycles. The Hall–Kier alpha value is -2.34. The number of aromatic nitrogens is 2. The fourth-order valence-corrected chi connectivity index (χ4v) is 2.06. The molecule has 1 atom stereocenters. The van der Waals surface area contributed by atoms with Crippen LogP contribution in [0.4, 0.5) is 11.5 Å². The first-order valence-corrected chi connectivity index (χ1v) is 7.21. The van der Waals surface area contributed by atoms with Crippen LogP contribution in [-0.2, 0) is 16.0 Å². The first kappa shape index (κ1) is 16.0. The van der Waals surface area contributed by atoms with Crippen LogP contribution < -0.4 is 11.1 Å². The average Bonchev–Trinajstić information content (AvgIpc) is 2.49. The number of benzene rings is 1. The van der Waals surface area contributed by atoms with E-state index in [9.17, 15) is 4.79 Å². The van der Waals surface area contributed by atoms with Gasteiger partial charge >= 0.3 is 5.97 Å². The molecule has 7 heteroatoms. The van der Waals surface area contributed by atoms with Gasteiger partial charge in [0.1, 0.15) is 23.3 Å². The molecule has 0 fully saturated rings. The molecular formula is C15H17ClN4O2. The van der Waals surface area contributed by atoms with Crippen LogP contribution in [0.15, 0.2) is 36.7 Å². The van der Waals surface area contributed by atoms with E-state index >= 15 is 0 Å². The fraction of sp³-hybridized carbons (Fsp3) is 0.267. The second kappa shape index (κ2) is 7.61. The SMILES string of the molecule is CCOC(=O)[C@H](Cc1ccc(N)cc1)Nc1cc(Cl)ncn1. The second-order valence-electron chi connectivity index (χ2n) is 4.62. The predicted molar refractivity (Wildman–Crippen MR) is 85.6 cm³/mol. The molecule has 22 heavy (non-hydrogen) atoms. The van der Waals surface area contributed by atoms with Gasteiger partial charge < -0.3 is 15.8 Å². The van der Waals surface area contributed by atoms with Gasteiger partial charge in [-0.2, -0.15) is 0 Å². The molecule has 0 radical (unpaired) electrons. The van der Waals surface area contributed by atoms with Gasteiger partial charge in [0.05, 0.1) is 6.61 Å². The topological polar surface area (TPSA) is 90.1 Å². The zero-order valence-electron chi connectivity index (χ0n) is 12.1. The molecule has 3 N–H and O–H groups in total. The number of nitrogen functional groups attached to an aromatic ring is 1. The van der Waals surface area contributed by atoms with Crippen molar-refractivity contribution in [3.63, 3.8) is 0 Å². The number of anilines is 2. The highest BCUT2D eigenvalue weighted by atomic mass is 35.5. The number of nitrogens with zero attached hydrogens (tertiary/aromatic N) is 2. The molecule has 1 aromatic carbocycles. The van der Waals surface area contributed by atoms with Crippen molar-refractivity contribution in [1.29, 1.82) is 0 Å². The van der Waals surface area contributed by atoms with Crippen LogP contribution in [-0.4, -0.2) is 28.6 Å². The maximum atomic E-state index is 12.1. The van der Waals surface area contributed by atoms with E-state index in [4.69, 9.17) is 22.1 Å². The zero-order chi connectivity index (χ0) is 15.9. The van der Waals surface area contributed by atoms with E-state index in [0.717, 1.165) is 5.56 Å². The standard InChI is InChI=1S/C15H17ClN4O2/c1-2-22-15(21)12(7-10-3-5-11(17)6-4-10)20-14-8-13(16)18-9-19-14/h3-6,8-9,12H,2,7,17H2,1H3,(H,18,19,20)/t12-/m0/s1. The number of hydrogen-bond acceptors (Lipinski definition) is 6. The summed E-state index contributed by atoms with van der Waals surface area (Å²) in [4.78, 5) is 20.0. The molecule has 2 aromatic rings. The van der Waals surface area contributed by atoms with Crippen molar-refractivity contribution in [3.05, 3.63) is 47.4 Å². The molecule has 0 unspecified atom stereocenters. The molecule has 2 rings (SSSR count). The smallest absolute Gasteiger partial charge is 0.328 e. The Morgan fingerprint density at radius 2 is 2.09 bits per heavy atom. The summed E-state index contributed by atoms with van der Waals surface area (Å²) in [6.07, 6.45) is 1.77. The van der Waals surface area contributed by atoms with Crippen molar-refractivity contribution in [3.8, 4) is 0 Å². The van der Waals surface area contributed by atoms with E-state index in [1.807, 2.05) is 12.1 Å². The molecular weight excluding hydrogens is 304 g/mol. The predicted octanol–water partition coefficient (Wildman–Crippen LogP) is 2.30. The minimum Gasteiger partial charge on any atom is -0.464 e. The second-order valence-corrected chi connectivity index (χ2v) is 5.01. The van der Waals surface area contributed by atoms with Crippen LogP contribution in [0.25, 0.3) is 0 Å². The Kier molecular flexibility index (Phi) is 5.55. The Labute approximate surface area is 133 Å². The third kappa shape index (κ3) is 4.60. The van der Waals surface area contributed by atoms with Crippen molar-refractivity contribution < 1.29 is 9.53 Å². The maximum absolute atomic E-state index is 12.1. The number of carbonyl (C=O) groups is 1. The van der Waals surface area contributed by atoms with Crippen LogP contribution in [0, 0.1) is 0 Å².